The molecule has 0 aliphatic carbocycles. The molecule has 0 bridgehead atoms. The van der Waals surface area contributed by atoms with E-state index in [4.69, 9.17) is 13.6 Å². The number of esters is 1. The van der Waals surface area contributed by atoms with Crippen molar-refractivity contribution in [1.82, 2.24) is 30.2 Å². The van der Waals surface area contributed by atoms with Gasteiger partial charge in [-0.2, -0.15) is 5.21 Å². The van der Waals surface area contributed by atoms with Gasteiger partial charge in [0.2, 0.25) is 5.82 Å². The Kier molecular flexibility index (Phi) is 10.1. The lowest BCUT2D eigenvalue weighted by atomic mass is 9.98. The second-order valence-electron chi connectivity index (χ2n) is 10.1. The summed E-state index contributed by atoms with van der Waals surface area (Å²) in [7, 11) is 0. The Morgan fingerprint density at radius 3 is 2.35 bits per heavy atom. The molecule has 5 aromatic rings. The first kappa shape index (κ1) is 32.6. The molecule has 0 radical (unpaired) electrons. The van der Waals surface area contributed by atoms with Gasteiger partial charge in [0.15, 0.2) is 23.8 Å². The van der Waals surface area contributed by atoms with Gasteiger partial charge in [-0.05, 0) is 49.1 Å². The van der Waals surface area contributed by atoms with Crippen molar-refractivity contribution in [2.75, 3.05) is 0 Å². The summed E-state index contributed by atoms with van der Waals surface area (Å²) in [6.07, 6.45) is 1.37. The first-order valence-electron chi connectivity index (χ1n) is 13.2. The van der Waals surface area contributed by atoms with Crippen molar-refractivity contribution in [2.45, 2.75) is 59.3 Å². The van der Waals surface area contributed by atoms with Gasteiger partial charge in [0.1, 0.15) is 17.1 Å². The number of rotatable bonds is 10. The van der Waals surface area contributed by atoms with Crippen LogP contribution < -0.4 is 5.82 Å². The number of carbonyl (C=O) groups is 1. The van der Waals surface area contributed by atoms with E-state index in [1.165, 1.54) is 0 Å². The molecule has 0 aliphatic heterocycles. The lowest BCUT2D eigenvalue weighted by Gasteiger charge is -2.17. The molecule has 14 heteroatoms. The lowest BCUT2D eigenvalue weighted by Crippen LogP contribution is -2.23. The number of H-pyrrole nitrogens is 1. The Morgan fingerprint density at radius 1 is 1.07 bits per heavy atom. The summed E-state index contributed by atoms with van der Waals surface area (Å²) in [6.45, 7) is 6.72. The van der Waals surface area contributed by atoms with Gasteiger partial charge in [0.05, 0.1) is 0 Å². The molecule has 5 rings (SSSR count). The molecule has 0 fully saturated rings. The Balaban J connectivity index is 0.00000253. The Hall–Kier alpha value is -4.92. The van der Waals surface area contributed by atoms with Gasteiger partial charge < -0.3 is 34.2 Å². The fraction of sp³-hybridized carbons (Fsp3) is 0.310. The van der Waals surface area contributed by atoms with E-state index < -0.39 is 17.4 Å². The Labute approximate surface area is 246 Å². The predicted molar refractivity (Wildman–Crippen MR) is 154 cm³/mol. The molecule has 2 aromatic carbocycles. The second kappa shape index (κ2) is 13.4. The van der Waals surface area contributed by atoms with E-state index in [2.05, 4.69) is 25.6 Å². The summed E-state index contributed by atoms with van der Waals surface area (Å²) in [5.41, 5.74) is 2.60. The van der Waals surface area contributed by atoms with Crippen molar-refractivity contribution in [3.63, 3.8) is 0 Å². The maximum atomic E-state index is 13.5. The van der Waals surface area contributed by atoms with E-state index in [0.29, 0.717) is 24.6 Å². The van der Waals surface area contributed by atoms with Crippen molar-refractivity contribution < 1.29 is 34.4 Å². The number of ether oxygens (including phenoxy) is 1. The highest BCUT2D eigenvalue weighted by Crippen LogP contribution is 2.31. The van der Waals surface area contributed by atoms with Crippen LogP contribution in [0.15, 0.2) is 62.2 Å². The number of aliphatic hydroxyl groups is 1. The molecule has 0 atom stereocenters. The largest absolute Gasteiger partial charge is 0.519 e. The third-order valence-electron chi connectivity index (χ3n) is 6.58. The van der Waals surface area contributed by atoms with Crippen LogP contribution in [-0.4, -0.2) is 52.2 Å². The van der Waals surface area contributed by atoms with E-state index >= 15 is 0 Å². The number of nitrogens with zero attached hydrogens (tertiary/aromatic N) is 5. The van der Waals surface area contributed by atoms with E-state index in [0.717, 1.165) is 28.7 Å². The summed E-state index contributed by atoms with van der Waals surface area (Å²) in [4.78, 5) is 29.5. The molecule has 228 valence electrons. The summed E-state index contributed by atoms with van der Waals surface area (Å²) < 4.78 is 17.1. The zero-order chi connectivity index (χ0) is 29.1. The minimum atomic E-state index is -1.41. The van der Waals surface area contributed by atoms with Crippen LogP contribution in [-0.2, 0) is 29.9 Å². The maximum absolute atomic E-state index is 13.5. The molecule has 0 saturated carbocycles. The van der Waals surface area contributed by atoms with Crippen molar-refractivity contribution in [3.8, 4) is 22.5 Å². The van der Waals surface area contributed by atoms with Crippen LogP contribution in [0.2, 0.25) is 0 Å². The predicted octanol–water partition coefficient (Wildman–Crippen LogP) is 2.52. The number of carbonyl (C=O) groups excluding carboxylic acids is 1. The molecular formula is C29H34N6O8. The average molecular weight is 595 g/mol. The highest BCUT2D eigenvalue weighted by atomic mass is 16.6. The molecule has 14 nitrogen and oxygen atoms in total. The van der Waals surface area contributed by atoms with Gasteiger partial charge in [0, 0.05) is 18.5 Å². The number of hydrogen-bond acceptors (Lipinski definition) is 10. The molecule has 0 spiro atoms. The number of imidazole rings is 1. The second-order valence-corrected chi connectivity index (χ2v) is 10.1. The molecule has 0 amide bonds. The molecular weight excluding hydrogens is 560 g/mol. The van der Waals surface area contributed by atoms with Crippen LogP contribution in [0.5, 0.6) is 0 Å². The number of nitrogens with one attached hydrogen (secondary N) is 1. The average Bonchev–Trinajstić information content (AvgIpc) is 3.67. The molecule has 3 aromatic heterocycles. The van der Waals surface area contributed by atoms with Crippen LogP contribution in [0.25, 0.3) is 22.5 Å². The first-order chi connectivity index (χ1) is 19.7. The van der Waals surface area contributed by atoms with Gasteiger partial charge in [-0.1, -0.05) is 55.5 Å². The number of tetrazole rings is 1. The normalized spacial score (nSPS) is 11.1. The highest BCUT2D eigenvalue weighted by molar-refractivity contribution is 5.89. The molecule has 0 aliphatic rings. The number of aromatic nitrogens is 6. The lowest BCUT2D eigenvalue weighted by molar-refractivity contribution is 0.0395. The minimum absolute atomic E-state index is 0. The van der Waals surface area contributed by atoms with E-state index in [1.807, 2.05) is 55.5 Å². The summed E-state index contributed by atoms with van der Waals surface area (Å²) in [6, 6.07) is 15.7. The van der Waals surface area contributed by atoms with Crippen LogP contribution >= 0.6 is 0 Å². The summed E-state index contributed by atoms with van der Waals surface area (Å²) >= 11 is 0. The molecule has 43 heavy (non-hydrogen) atoms. The monoisotopic (exact) mass is 594 g/mol. The summed E-state index contributed by atoms with van der Waals surface area (Å²) in [5, 5.41) is 25.3. The zero-order valence-corrected chi connectivity index (χ0v) is 24.2. The van der Waals surface area contributed by atoms with Gasteiger partial charge >= 0.3 is 11.8 Å². The fourth-order valence-electron chi connectivity index (χ4n) is 4.60. The molecule has 6 N–H and O–H groups in total. The standard InChI is InChI=1S/C29H30N6O6.2H2O/c1-5-8-23-30-25(29(3,4)38)24(27(36)39-16-22-17(2)40-28(37)41-22)35(23)15-18-11-13-19(14-12-18)20-9-6-7-10-21(20)26-31-33-34-32-26;;/h6-7,9-14,38H,5,8,15-16H2,1-4H3,(H,31,32,33,34);2*1H2. The molecule has 3 heterocycles. The maximum Gasteiger partial charge on any atom is 0.519 e. The third kappa shape index (κ3) is 6.94. The van der Waals surface area contributed by atoms with Crippen molar-refractivity contribution in [2.24, 2.45) is 0 Å². The topological polar surface area (TPSA) is 225 Å². The zero-order valence-electron chi connectivity index (χ0n) is 24.2. The number of hydrogen-bond donors (Lipinski definition) is 2. The van der Waals surface area contributed by atoms with Crippen LogP contribution in [0, 0.1) is 6.92 Å². The van der Waals surface area contributed by atoms with Crippen molar-refractivity contribution >= 4 is 5.97 Å². The first-order valence-corrected chi connectivity index (χ1v) is 13.2. The van der Waals surface area contributed by atoms with E-state index in [1.54, 1.807) is 25.3 Å². The minimum Gasteiger partial charge on any atom is -0.453 e. The van der Waals surface area contributed by atoms with Crippen molar-refractivity contribution in [1.29, 1.82) is 0 Å². The smallest absolute Gasteiger partial charge is 0.453 e. The van der Waals surface area contributed by atoms with Gasteiger partial charge in [-0.25, -0.2) is 14.6 Å². The Morgan fingerprint density at radius 2 is 1.77 bits per heavy atom. The number of benzene rings is 2. The highest BCUT2D eigenvalue weighted by Gasteiger charge is 2.33. The number of aryl methyl sites for hydroxylation is 2. The summed E-state index contributed by atoms with van der Waals surface area (Å²) in [5.74, 6) is -0.0831. The van der Waals surface area contributed by atoms with Gasteiger partial charge in [-0.15, -0.1) is 10.2 Å². The SMILES string of the molecule is CCCc1nc(C(C)(C)O)c(C(=O)OCc2oc(=O)oc2C)n1Cc1ccc(-c2ccccc2-c2nn[nH]n2)cc1.O.O. The quantitative estimate of drug-likeness (QED) is 0.225. The van der Waals surface area contributed by atoms with Crippen LogP contribution in [0.4, 0.5) is 0 Å². The third-order valence-corrected chi connectivity index (χ3v) is 6.58. The number of aromatic amines is 1. The van der Waals surface area contributed by atoms with Crippen LogP contribution in [0.3, 0.4) is 0 Å². The Bertz CT molecular complexity index is 1710. The van der Waals surface area contributed by atoms with Gasteiger partial charge in [-0.3, -0.25) is 0 Å². The van der Waals surface area contributed by atoms with E-state index in [9.17, 15) is 14.7 Å². The molecule has 0 unspecified atom stereocenters. The van der Waals surface area contributed by atoms with Crippen LogP contribution in [0.1, 0.15) is 66.3 Å². The van der Waals surface area contributed by atoms with Crippen molar-refractivity contribution in [3.05, 3.63) is 93.4 Å². The van der Waals surface area contributed by atoms with Gasteiger partial charge in [0.25, 0.3) is 0 Å². The fourth-order valence-corrected chi connectivity index (χ4v) is 4.60. The van der Waals surface area contributed by atoms with E-state index in [-0.39, 0.29) is 40.5 Å². The molecule has 0 saturated heterocycles.